The van der Waals surface area contributed by atoms with Gasteiger partial charge in [-0.05, 0) is 134 Å². The van der Waals surface area contributed by atoms with Crippen molar-refractivity contribution in [3.8, 4) is 16.9 Å². The number of carbonyl (C=O) groups is 17. The number of nitrogens with two attached hydrogens (primary N) is 3. The largest absolute Gasteiger partial charge is 0.508 e. The van der Waals surface area contributed by atoms with Crippen molar-refractivity contribution in [3.63, 3.8) is 0 Å². The number of rotatable bonds is 30. The number of carbonyl (C=O) groups excluding carboxylic acids is 16. The van der Waals surface area contributed by atoms with Crippen LogP contribution < -0.4 is 91.6 Å². The number of aromatic amines is 1. The fourth-order valence-corrected chi connectivity index (χ4v) is 17.1. The molecular weight excluding hydrogens is 1890 g/mol. The minimum absolute atomic E-state index is 0.0131. The number of guanidine groups is 1. The summed E-state index contributed by atoms with van der Waals surface area (Å²) in [6.45, 7) is 11.3. The molecule has 43 heteroatoms. The van der Waals surface area contributed by atoms with Gasteiger partial charge in [0.2, 0.25) is 94.5 Å². The van der Waals surface area contributed by atoms with Gasteiger partial charge >= 0.3 is 5.97 Å². The fourth-order valence-electron chi connectivity index (χ4n) is 16.2. The fraction of sp³-hybridized carbons (Fsp3) is 0.451. The van der Waals surface area contributed by atoms with Crippen molar-refractivity contribution in [2.24, 2.45) is 35.0 Å². The first-order valence-corrected chi connectivity index (χ1v) is 49.3. The number of para-hydroxylation sites is 1. The number of benzene rings is 6. The second-order valence-electron chi connectivity index (χ2n) is 37.1. The molecule has 7 aromatic rings. The molecule has 0 radical (unpaired) electrons. The maximum Gasteiger partial charge on any atom is 0.305 e. The first-order chi connectivity index (χ1) is 68.9. The van der Waals surface area contributed by atoms with Gasteiger partial charge in [-0.1, -0.05) is 187 Å². The molecule has 26 N–H and O–H groups in total. The summed E-state index contributed by atoms with van der Waals surface area (Å²) >= 11 is 0.661. The van der Waals surface area contributed by atoms with Gasteiger partial charge in [-0.25, -0.2) is 0 Å². The third-order valence-corrected chi connectivity index (χ3v) is 25.6. The van der Waals surface area contributed by atoms with Gasteiger partial charge in [-0.3, -0.25) is 86.9 Å². The van der Waals surface area contributed by atoms with E-state index in [0.29, 0.717) is 51.3 Å². The van der Waals surface area contributed by atoms with Crippen molar-refractivity contribution in [1.29, 1.82) is 5.41 Å². The van der Waals surface area contributed by atoms with Crippen LogP contribution in [0.25, 0.3) is 22.0 Å². The van der Waals surface area contributed by atoms with Crippen LogP contribution in [0.2, 0.25) is 0 Å². The molecule has 0 saturated carbocycles. The average Bonchev–Trinajstić information content (AvgIpc) is 1.74. The Morgan fingerprint density at radius 1 is 0.476 bits per heavy atom. The molecule has 0 spiro atoms. The van der Waals surface area contributed by atoms with Crippen LogP contribution in [0.15, 0.2) is 170 Å². The molecule has 1 fully saturated rings. The highest BCUT2D eigenvalue weighted by atomic mass is 32.2. The zero-order valence-electron chi connectivity index (χ0n) is 82.9. The Morgan fingerprint density at radius 3 is 1.46 bits per heavy atom. The van der Waals surface area contributed by atoms with E-state index in [1.54, 1.807) is 143 Å². The first kappa shape index (κ1) is 115. The molecule has 6 aromatic carbocycles. The topological polar surface area (TPSA) is 664 Å². The molecule has 16 amide bonds. The lowest BCUT2D eigenvalue weighted by molar-refractivity contribution is -0.148. The number of aliphatic carboxylic acids is 1. The molecule has 8 rings (SSSR count). The van der Waals surface area contributed by atoms with Crippen molar-refractivity contribution < 1.29 is 102 Å². The number of thioether (sulfide) groups is 1. The first-order valence-electron chi connectivity index (χ1n) is 48.1. The Labute approximate surface area is 845 Å². The van der Waals surface area contributed by atoms with Gasteiger partial charge in [-0.2, -0.15) is 0 Å². The monoisotopic (exact) mass is 2020 g/mol. The highest BCUT2D eigenvalue weighted by Crippen LogP contribution is 2.25. The van der Waals surface area contributed by atoms with Crippen molar-refractivity contribution in [2.45, 2.75) is 229 Å². The Balaban J connectivity index is 1.24. The quantitative estimate of drug-likeness (QED) is 0.0158. The van der Waals surface area contributed by atoms with Crippen molar-refractivity contribution >= 4 is 129 Å². The Bertz CT molecular complexity index is 5610. The predicted molar refractivity (Wildman–Crippen MR) is 542 cm³/mol. The van der Waals surface area contributed by atoms with Gasteiger partial charge < -0.3 is 127 Å². The van der Waals surface area contributed by atoms with E-state index >= 15 is 47.9 Å². The number of phenolic OH excluding ortho intramolecular Hbond substituents is 1. The number of nitrogens with one attached hydrogen (secondary N) is 16. The minimum Gasteiger partial charge on any atom is -0.508 e. The molecule has 0 aliphatic carbocycles. The summed E-state index contributed by atoms with van der Waals surface area (Å²) in [7, 11) is 2.61. The van der Waals surface area contributed by atoms with Crippen LogP contribution in [0, 0.1) is 23.2 Å². The normalized spacial score (nSPS) is 22.8. The highest BCUT2D eigenvalue weighted by Gasteiger charge is 2.43. The number of carboxylic acids is 1. The van der Waals surface area contributed by atoms with E-state index < -0.39 is 246 Å². The van der Waals surface area contributed by atoms with E-state index in [2.05, 4.69) is 79.4 Å². The zero-order chi connectivity index (χ0) is 106. The predicted octanol–water partition coefficient (Wildman–Crippen LogP) is -0.140. The van der Waals surface area contributed by atoms with Crippen molar-refractivity contribution in [1.82, 2.24) is 89.2 Å². The molecule has 2 heterocycles. The summed E-state index contributed by atoms with van der Waals surface area (Å²) in [6, 6.07) is 20.3. The van der Waals surface area contributed by atoms with Crippen LogP contribution in [0.3, 0.4) is 0 Å². The van der Waals surface area contributed by atoms with Crippen molar-refractivity contribution in [2.75, 3.05) is 45.3 Å². The van der Waals surface area contributed by atoms with E-state index in [1.165, 1.54) is 59.1 Å². The standard InChI is InChI=1S/C102H137N21O21S/c1-56(2)45-73-93(136)120-85(58(5)6)98(141)121-86(60(8)125)99(142)118-80(95(138)117-79(53-124)87(104)130)54-145-55-82(127)109-74(46-61-25-14-11-15-26-61)89(132)113-75(48-64-37-41-68(126)42-38-64)91(134)115-78(51-83(128)129)92(135)114-77(50-67-52-108-70-32-21-20-31-69(67)70)94(137)119-84(57(3)4)97(140)116-76(47-63-35-39-66(40-36-63)65-29-18-13-19-30-65)90(133)111-72(34-24-44-107-102(105)106)101(144)122(9)59(7)100(143)123(10)81(49-62-27-16-12-17-28-62)96(139)110-71(88(131)112-73)33-22-23-43-103/h11-21,25-32,35-42,52,56-60,71-81,84-86,108,124-126H,22-24,33-34,43-51,53-55,103H2,1-10H3,(H2,104,130)(H,109,127)(H,110,139)(H,111,133)(H,112,131)(H,113,132)(H,114,135)(H,115,134)(H,116,140)(H,117,138)(H,118,142)(H,119,137)(H,120,136)(H,121,141)(H,128,129)(H4,105,106,107)/t59-,60+,71-,72-,73-,74-,75-,76-,77-,78-,79-,80-,81-,84-,85-,86-/m0/s1. The van der Waals surface area contributed by atoms with Crippen LogP contribution >= 0.6 is 11.8 Å². The zero-order valence-corrected chi connectivity index (χ0v) is 83.7. The van der Waals surface area contributed by atoms with E-state index in [4.69, 9.17) is 22.6 Å². The maximum absolute atomic E-state index is 15.6. The second-order valence-corrected chi connectivity index (χ2v) is 38.2. The third kappa shape index (κ3) is 35.9. The molecule has 42 nitrogen and oxygen atoms in total. The van der Waals surface area contributed by atoms with E-state index in [9.17, 15) is 54.0 Å². The van der Waals surface area contributed by atoms with Crippen LogP contribution in [0.4, 0.5) is 0 Å². The number of fused-ring (bicyclic) bond motifs is 1. The van der Waals surface area contributed by atoms with Gasteiger partial charge in [0.05, 0.1) is 24.9 Å². The number of aliphatic hydroxyl groups excluding tert-OH is 2. The van der Waals surface area contributed by atoms with Gasteiger partial charge in [0.25, 0.3) is 0 Å². The number of phenols is 1. The summed E-state index contributed by atoms with van der Waals surface area (Å²) in [5.74, 6) is -22.1. The lowest BCUT2D eigenvalue weighted by Gasteiger charge is -2.35. The van der Waals surface area contributed by atoms with Gasteiger partial charge in [0.1, 0.15) is 96.4 Å². The summed E-state index contributed by atoms with van der Waals surface area (Å²) in [5, 5.41) is 87.6. The van der Waals surface area contributed by atoms with E-state index in [0.717, 1.165) is 27.9 Å². The minimum atomic E-state index is -2.09. The number of carboxylic acid groups (broad SMARTS) is 1. The lowest BCUT2D eigenvalue weighted by atomic mass is 9.98. The molecule has 16 atom stereocenters. The molecule has 1 aliphatic heterocycles. The van der Waals surface area contributed by atoms with Gasteiger partial charge in [-0.15, -0.1) is 11.8 Å². The number of amides is 16. The summed E-state index contributed by atoms with van der Waals surface area (Å²) in [5.41, 5.74) is 21.6. The number of aliphatic hydroxyl groups is 2. The number of aromatic hydroxyl groups is 1. The molecule has 1 aromatic heterocycles. The summed E-state index contributed by atoms with van der Waals surface area (Å²) in [4.78, 5) is 258. The molecule has 0 bridgehead atoms. The summed E-state index contributed by atoms with van der Waals surface area (Å²) < 4.78 is 0. The molecule has 782 valence electrons. The molecule has 1 saturated heterocycles. The number of likely N-dealkylation sites (N-methyl/N-ethyl adjacent to an activating group) is 2. The summed E-state index contributed by atoms with van der Waals surface area (Å²) in [6.07, 6.45) is -2.74. The van der Waals surface area contributed by atoms with Gasteiger partial charge in [0, 0.05) is 75.6 Å². The lowest BCUT2D eigenvalue weighted by Crippen LogP contribution is -2.63. The molecular formula is C102H137N21O21S. The van der Waals surface area contributed by atoms with Crippen molar-refractivity contribution in [3.05, 3.63) is 198 Å². The SMILES string of the molecule is CC(C)C[C@@H]1NC(=O)[C@H](CCCCN)NC(=O)[C@H](Cc2ccccc2)N(C)C(=O)[C@H](C)N(C)C(=O)[C@H](CCCNC(=N)N)NC(=O)[C@H](Cc2ccc(-c3ccccc3)cc2)NC(=O)[C@H](C(C)C)NC(=O)[C@H](Cc2c[nH]c3ccccc23)NC(=O)[C@H](CC(=O)O)NC(=O)[C@H](Cc2ccc(O)cc2)NC(=O)[C@H](Cc2ccccc2)NC(=O)CSC[C@@H](C(=O)N[C@@H](CO)C(N)=O)NC(=O)[C@H]([C@@H](C)O)NC(=O)[C@H](C(C)C)NC1=O. The van der Waals surface area contributed by atoms with Crippen LogP contribution in [0.5, 0.6) is 5.75 Å². The Hall–Kier alpha value is -14.9. The van der Waals surface area contributed by atoms with E-state index in [-0.39, 0.29) is 88.1 Å². The smallest absolute Gasteiger partial charge is 0.305 e. The number of nitrogens with zero attached hydrogens (tertiary/aromatic N) is 2. The van der Waals surface area contributed by atoms with Crippen LogP contribution in [-0.4, -0.2) is 284 Å². The molecule has 145 heavy (non-hydrogen) atoms. The van der Waals surface area contributed by atoms with Gasteiger partial charge in [0.15, 0.2) is 5.96 Å². The highest BCUT2D eigenvalue weighted by molar-refractivity contribution is 8.00. The number of aromatic nitrogens is 1. The molecule has 0 unspecified atom stereocenters. The number of unbranched alkanes of at least 4 members (excludes halogenated alkanes) is 1. The number of primary amides is 1. The van der Waals surface area contributed by atoms with Crippen LogP contribution in [0.1, 0.15) is 128 Å². The molecule has 1 aliphatic rings. The van der Waals surface area contributed by atoms with Crippen LogP contribution in [-0.2, 0) is 114 Å². The Morgan fingerprint density at radius 2 is 0.917 bits per heavy atom. The number of hydrogen-bond acceptors (Lipinski definition) is 23. The average molecular weight is 2030 g/mol. The van der Waals surface area contributed by atoms with E-state index in [1.807, 2.05) is 30.3 Å². The Kier molecular flexibility index (Phi) is 45.2. The third-order valence-electron chi connectivity index (χ3n) is 24.6. The maximum atomic E-state index is 15.6. The number of H-pyrrole nitrogens is 1. The number of hydrogen-bond donors (Lipinski definition) is 23. The second kappa shape index (κ2) is 56.9.